The van der Waals surface area contributed by atoms with Crippen LogP contribution in [0.15, 0.2) is 12.4 Å². The Balaban J connectivity index is 2.35. The SMILES string of the molecule is CC(NC(=O)CSC(C)(C)C)c1cn[nH]c1. The van der Waals surface area contributed by atoms with Gasteiger partial charge in [-0.15, -0.1) is 11.8 Å². The topological polar surface area (TPSA) is 57.8 Å². The van der Waals surface area contributed by atoms with Crippen molar-refractivity contribution in [2.45, 2.75) is 38.5 Å². The summed E-state index contributed by atoms with van der Waals surface area (Å²) in [5.74, 6) is 0.555. The Bertz CT molecular complexity index is 329. The Hall–Kier alpha value is -0.970. The molecular weight excluding hydrogens is 222 g/mol. The van der Waals surface area contributed by atoms with Gasteiger partial charge in [-0.3, -0.25) is 9.89 Å². The van der Waals surface area contributed by atoms with Crippen LogP contribution in [0.1, 0.15) is 39.3 Å². The van der Waals surface area contributed by atoms with Gasteiger partial charge in [0.05, 0.1) is 18.0 Å². The fourth-order valence-corrected chi connectivity index (χ4v) is 1.79. The van der Waals surface area contributed by atoms with Crippen LogP contribution in [0.3, 0.4) is 0 Å². The van der Waals surface area contributed by atoms with Gasteiger partial charge in [0.1, 0.15) is 0 Å². The number of thioether (sulfide) groups is 1. The molecule has 16 heavy (non-hydrogen) atoms. The highest BCUT2D eigenvalue weighted by molar-refractivity contribution is 8.01. The van der Waals surface area contributed by atoms with Crippen LogP contribution >= 0.6 is 11.8 Å². The van der Waals surface area contributed by atoms with Crippen molar-refractivity contribution in [2.75, 3.05) is 5.75 Å². The van der Waals surface area contributed by atoms with Gasteiger partial charge in [0.15, 0.2) is 0 Å². The first-order chi connectivity index (χ1) is 7.38. The molecule has 4 nitrogen and oxygen atoms in total. The Morgan fingerprint density at radius 3 is 2.81 bits per heavy atom. The van der Waals surface area contributed by atoms with E-state index in [1.165, 1.54) is 0 Å². The molecule has 0 spiro atoms. The zero-order valence-electron chi connectivity index (χ0n) is 10.2. The second kappa shape index (κ2) is 5.39. The predicted molar refractivity (Wildman–Crippen MR) is 67.4 cm³/mol. The van der Waals surface area contributed by atoms with Gasteiger partial charge >= 0.3 is 0 Å². The van der Waals surface area contributed by atoms with Crippen LogP contribution < -0.4 is 5.32 Å². The molecule has 2 N–H and O–H groups in total. The fraction of sp³-hybridized carbons (Fsp3) is 0.636. The summed E-state index contributed by atoms with van der Waals surface area (Å²) in [5.41, 5.74) is 0.995. The number of hydrogen-bond acceptors (Lipinski definition) is 3. The maximum atomic E-state index is 11.6. The molecule has 0 bridgehead atoms. The summed E-state index contributed by atoms with van der Waals surface area (Å²) < 4.78 is 0.121. The van der Waals surface area contributed by atoms with Gasteiger partial charge in [0.25, 0.3) is 0 Å². The third-order valence-electron chi connectivity index (χ3n) is 2.03. The first kappa shape index (κ1) is 13.1. The number of carbonyl (C=O) groups excluding carboxylic acids is 1. The molecule has 1 rings (SSSR count). The molecule has 5 heteroatoms. The zero-order valence-corrected chi connectivity index (χ0v) is 11.0. The minimum absolute atomic E-state index is 0.00631. The lowest BCUT2D eigenvalue weighted by Gasteiger charge is -2.18. The van der Waals surface area contributed by atoms with Crippen LogP contribution in [0.25, 0.3) is 0 Å². The molecule has 0 aliphatic carbocycles. The highest BCUT2D eigenvalue weighted by Gasteiger charge is 2.15. The summed E-state index contributed by atoms with van der Waals surface area (Å²) in [6, 6.07) is 0.00631. The van der Waals surface area contributed by atoms with Gasteiger partial charge in [-0.25, -0.2) is 0 Å². The zero-order chi connectivity index (χ0) is 12.2. The van der Waals surface area contributed by atoms with Crippen molar-refractivity contribution in [3.63, 3.8) is 0 Å². The van der Waals surface area contributed by atoms with Gasteiger partial charge < -0.3 is 5.32 Å². The van der Waals surface area contributed by atoms with E-state index in [-0.39, 0.29) is 16.7 Å². The summed E-state index contributed by atoms with van der Waals surface area (Å²) in [7, 11) is 0. The van der Waals surface area contributed by atoms with Crippen LogP contribution in [0.5, 0.6) is 0 Å². The number of amides is 1. The summed E-state index contributed by atoms with van der Waals surface area (Å²) in [4.78, 5) is 11.6. The number of rotatable bonds is 4. The molecule has 0 aliphatic rings. The second-order valence-electron chi connectivity index (χ2n) is 4.72. The Morgan fingerprint density at radius 1 is 1.62 bits per heavy atom. The summed E-state index contributed by atoms with van der Waals surface area (Å²) in [5, 5.41) is 9.52. The number of nitrogens with zero attached hydrogens (tertiary/aromatic N) is 1. The van der Waals surface area contributed by atoms with Crippen LogP contribution in [-0.4, -0.2) is 26.6 Å². The van der Waals surface area contributed by atoms with Gasteiger partial charge in [0, 0.05) is 16.5 Å². The first-order valence-corrected chi connectivity index (χ1v) is 6.29. The van der Waals surface area contributed by atoms with Gasteiger partial charge in [-0.1, -0.05) is 20.8 Å². The number of aromatic nitrogens is 2. The van der Waals surface area contributed by atoms with E-state index >= 15 is 0 Å². The molecule has 0 radical (unpaired) electrons. The van der Waals surface area contributed by atoms with Gasteiger partial charge in [0.2, 0.25) is 5.91 Å². The van der Waals surface area contributed by atoms with Crippen LogP contribution in [0, 0.1) is 0 Å². The van der Waals surface area contributed by atoms with Crippen molar-refractivity contribution in [3.8, 4) is 0 Å². The molecule has 1 aromatic heterocycles. The minimum Gasteiger partial charge on any atom is -0.349 e. The van der Waals surface area contributed by atoms with Crippen LogP contribution in [0.2, 0.25) is 0 Å². The monoisotopic (exact) mass is 241 g/mol. The van der Waals surface area contributed by atoms with Crippen molar-refractivity contribution >= 4 is 17.7 Å². The lowest BCUT2D eigenvalue weighted by Crippen LogP contribution is -2.29. The number of nitrogens with one attached hydrogen (secondary N) is 2. The molecule has 1 heterocycles. The summed E-state index contributed by atoms with van der Waals surface area (Å²) >= 11 is 1.65. The smallest absolute Gasteiger partial charge is 0.230 e. The fourth-order valence-electron chi connectivity index (χ4n) is 1.15. The first-order valence-electron chi connectivity index (χ1n) is 5.30. The lowest BCUT2D eigenvalue weighted by molar-refractivity contribution is -0.119. The molecule has 90 valence electrons. The number of hydrogen-bond donors (Lipinski definition) is 2. The van der Waals surface area contributed by atoms with Crippen molar-refractivity contribution < 1.29 is 4.79 Å². The molecule has 0 saturated carbocycles. The molecule has 0 saturated heterocycles. The second-order valence-corrected chi connectivity index (χ2v) is 6.52. The normalized spacial score (nSPS) is 13.5. The predicted octanol–water partition coefficient (Wildman–Crippen LogP) is 2.12. The van der Waals surface area contributed by atoms with E-state index in [0.29, 0.717) is 5.75 Å². The molecule has 0 aromatic carbocycles. The van der Waals surface area contributed by atoms with E-state index in [2.05, 4.69) is 36.3 Å². The van der Waals surface area contributed by atoms with Crippen molar-refractivity contribution in [1.29, 1.82) is 0 Å². The van der Waals surface area contributed by atoms with Gasteiger partial charge in [-0.2, -0.15) is 5.10 Å². The highest BCUT2D eigenvalue weighted by atomic mass is 32.2. The summed E-state index contributed by atoms with van der Waals surface area (Å²) in [6.07, 6.45) is 3.52. The standard InChI is InChI=1S/C11H19N3OS/c1-8(9-5-12-13-6-9)14-10(15)7-16-11(2,3)4/h5-6,8H,7H2,1-4H3,(H,12,13)(H,14,15). The number of aromatic amines is 1. The Morgan fingerprint density at radius 2 is 2.31 bits per heavy atom. The summed E-state index contributed by atoms with van der Waals surface area (Å²) in [6.45, 7) is 8.25. The minimum atomic E-state index is 0.00631. The quantitative estimate of drug-likeness (QED) is 0.849. The van der Waals surface area contributed by atoms with Crippen molar-refractivity contribution in [3.05, 3.63) is 18.0 Å². The van der Waals surface area contributed by atoms with Gasteiger partial charge in [-0.05, 0) is 6.92 Å². The van der Waals surface area contributed by atoms with Crippen LogP contribution in [0.4, 0.5) is 0 Å². The average Bonchev–Trinajstić information content (AvgIpc) is 2.66. The van der Waals surface area contributed by atoms with E-state index in [1.807, 2.05) is 6.92 Å². The molecule has 1 unspecified atom stereocenters. The number of H-pyrrole nitrogens is 1. The molecule has 0 fully saturated rings. The average molecular weight is 241 g/mol. The third-order valence-corrected chi connectivity index (χ3v) is 3.31. The van der Waals surface area contributed by atoms with Crippen molar-refractivity contribution in [2.24, 2.45) is 0 Å². The lowest BCUT2D eigenvalue weighted by atomic mass is 10.2. The van der Waals surface area contributed by atoms with E-state index < -0.39 is 0 Å². The largest absolute Gasteiger partial charge is 0.349 e. The number of carbonyl (C=O) groups is 1. The van der Waals surface area contributed by atoms with E-state index in [0.717, 1.165) is 5.56 Å². The highest BCUT2D eigenvalue weighted by Crippen LogP contribution is 2.22. The van der Waals surface area contributed by atoms with E-state index in [9.17, 15) is 4.79 Å². The van der Waals surface area contributed by atoms with Crippen molar-refractivity contribution in [1.82, 2.24) is 15.5 Å². The molecule has 1 amide bonds. The maximum Gasteiger partial charge on any atom is 0.230 e. The van der Waals surface area contributed by atoms with Crippen LogP contribution in [-0.2, 0) is 4.79 Å². The molecule has 1 atom stereocenters. The molecule has 0 aliphatic heterocycles. The molecule has 1 aromatic rings. The van der Waals surface area contributed by atoms with E-state index in [4.69, 9.17) is 0 Å². The Labute approximate surface area is 101 Å². The third kappa shape index (κ3) is 4.70. The molecular formula is C11H19N3OS. The Kier molecular flexibility index (Phi) is 4.41. The maximum absolute atomic E-state index is 11.6. The van der Waals surface area contributed by atoms with E-state index in [1.54, 1.807) is 24.2 Å².